The van der Waals surface area contributed by atoms with E-state index >= 15 is 0 Å². The van der Waals surface area contributed by atoms with Crippen molar-refractivity contribution in [2.75, 3.05) is 13.1 Å². The first-order valence-electron chi connectivity index (χ1n) is 10.3. The van der Waals surface area contributed by atoms with Gasteiger partial charge in [-0.2, -0.15) is 4.31 Å². The Morgan fingerprint density at radius 2 is 1.88 bits per heavy atom. The van der Waals surface area contributed by atoms with Crippen LogP contribution in [0.4, 0.5) is 8.78 Å². The smallest absolute Gasteiger partial charge is 0.254 e. The number of nitrogens with zero attached hydrogens (tertiary/aromatic N) is 2. The Morgan fingerprint density at radius 1 is 1.21 bits per heavy atom. The Labute approximate surface area is 196 Å². The number of likely N-dealkylation sites (N-methyl/N-ethyl adjacent to an activating group) is 1. The second-order valence-corrected chi connectivity index (χ2v) is 10.0. The fraction of sp³-hybridized carbons (Fsp3) is 0.364. The van der Waals surface area contributed by atoms with Crippen molar-refractivity contribution in [1.82, 2.24) is 9.21 Å². The highest BCUT2D eigenvalue weighted by atomic mass is 35.5. The summed E-state index contributed by atoms with van der Waals surface area (Å²) in [5.74, 6) is -1.30. The lowest BCUT2D eigenvalue weighted by molar-refractivity contribution is -0.123. The molecular formula is C22H24ClF2N3O4S. The molecule has 0 unspecified atom stereocenters. The maximum atomic E-state index is 13.4. The first kappa shape index (κ1) is 25.1. The lowest BCUT2D eigenvalue weighted by Gasteiger charge is -2.30. The van der Waals surface area contributed by atoms with Crippen LogP contribution in [0.25, 0.3) is 0 Å². The summed E-state index contributed by atoms with van der Waals surface area (Å²) < 4.78 is 53.9. The van der Waals surface area contributed by atoms with E-state index < -0.39 is 34.8 Å². The summed E-state index contributed by atoms with van der Waals surface area (Å²) >= 11 is 5.84. The SMILES string of the molecule is CCN1CCc2cc(CN([C@H](CC(F)F)C(N)=O)S(=O)(=O)c3ccc(Cl)cc3)ccc2C1=O. The molecule has 2 aromatic rings. The molecule has 0 fully saturated rings. The van der Waals surface area contributed by atoms with Crippen molar-refractivity contribution in [2.45, 2.75) is 43.7 Å². The molecule has 3 rings (SSSR count). The standard InChI is InChI=1S/C22H24ClF2N3O4S/c1-2-27-10-9-15-11-14(3-8-18(15)22(27)30)13-28(19(21(26)29)12-20(24)25)33(31,32)17-6-4-16(23)5-7-17/h3-8,11,19-20H,2,9-10,12-13H2,1H3,(H2,26,29)/t19-/m1/s1. The molecule has 11 heteroatoms. The zero-order valence-corrected chi connectivity index (χ0v) is 19.5. The summed E-state index contributed by atoms with van der Waals surface area (Å²) in [6, 6.07) is 8.22. The summed E-state index contributed by atoms with van der Waals surface area (Å²) in [5.41, 5.74) is 7.04. The van der Waals surface area contributed by atoms with Gasteiger partial charge in [0, 0.05) is 36.6 Å². The molecular weight excluding hydrogens is 476 g/mol. The number of carbonyl (C=O) groups excluding carboxylic acids is 2. The van der Waals surface area contributed by atoms with Crippen molar-refractivity contribution in [2.24, 2.45) is 5.73 Å². The van der Waals surface area contributed by atoms with E-state index in [2.05, 4.69) is 0 Å². The van der Waals surface area contributed by atoms with Gasteiger partial charge < -0.3 is 10.6 Å². The van der Waals surface area contributed by atoms with Crippen molar-refractivity contribution >= 4 is 33.4 Å². The summed E-state index contributed by atoms with van der Waals surface area (Å²) in [6.07, 6.45) is -3.42. The number of benzene rings is 2. The maximum absolute atomic E-state index is 13.4. The van der Waals surface area contributed by atoms with Gasteiger partial charge >= 0.3 is 0 Å². The molecule has 0 saturated heterocycles. The summed E-state index contributed by atoms with van der Waals surface area (Å²) in [6.45, 7) is 2.60. The molecule has 1 heterocycles. The van der Waals surface area contributed by atoms with Gasteiger partial charge in [0.25, 0.3) is 5.91 Å². The van der Waals surface area contributed by atoms with E-state index in [-0.39, 0.29) is 17.3 Å². The summed E-state index contributed by atoms with van der Waals surface area (Å²) in [4.78, 5) is 26.1. The Morgan fingerprint density at radius 3 is 2.45 bits per heavy atom. The number of carbonyl (C=O) groups is 2. The maximum Gasteiger partial charge on any atom is 0.254 e. The lowest BCUT2D eigenvalue weighted by atomic mass is 9.96. The number of hydrogen-bond donors (Lipinski definition) is 1. The normalized spacial score (nSPS) is 15.1. The van der Waals surface area contributed by atoms with Gasteiger partial charge in [-0.25, -0.2) is 17.2 Å². The van der Waals surface area contributed by atoms with Gasteiger partial charge in [-0.15, -0.1) is 0 Å². The molecule has 0 aliphatic carbocycles. The molecule has 1 atom stereocenters. The molecule has 178 valence electrons. The van der Waals surface area contributed by atoms with E-state index in [1.54, 1.807) is 23.1 Å². The average molecular weight is 500 g/mol. The first-order chi connectivity index (χ1) is 15.5. The first-order valence-corrected chi connectivity index (χ1v) is 12.1. The molecule has 7 nitrogen and oxygen atoms in total. The van der Waals surface area contributed by atoms with Gasteiger partial charge in [0.1, 0.15) is 6.04 Å². The number of sulfonamides is 1. The minimum atomic E-state index is -4.39. The molecule has 1 aliphatic heterocycles. The Kier molecular flexibility index (Phi) is 7.71. The van der Waals surface area contributed by atoms with Crippen LogP contribution in [-0.2, 0) is 27.8 Å². The van der Waals surface area contributed by atoms with Crippen LogP contribution in [0.2, 0.25) is 5.02 Å². The van der Waals surface area contributed by atoms with Crippen LogP contribution in [0.3, 0.4) is 0 Å². The fourth-order valence-corrected chi connectivity index (χ4v) is 5.54. The second-order valence-electron chi connectivity index (χ2n) is 7.68. The lowest BCUT2D eigenvalue weighted by Crippen LogP contribution is -2.48. The third-order valence-electron chi connectivity index (χ3n) is 5.56. The second kappa shape index (κ2) is 10.1. The molecule has 0 aromatic heterocycles. The van der Waals surface area contributed by atoms with E-state index in [4.69, 9.17) is 17.3 Å². The molecule has 2 N–H and O–H groups in total. The van der Waals surface area contributed by atoms with Crippen molar-refractivity contribution in [1.29, 1.82) is 0 Å². The monoisotopic (exact) mass is 499 g/mol. The summed E-state index contributed by atoms with van der Waals surface area (Å²) in [5, 5.41) is 0.292. The highest BCUT2D eigenvalue weighted by Gasteiger charge is 2.37. The number of fused-ring (bicyclic) bond motifs is 1. The van der Waals surface area contributed by atoms with E-state index in [1.165, 1.54) is 24.3 Å². The number of halogens is 3. The topological polar surface area (TPSA) is 101 Å². The molecule has 0 saturated carbocycles. The molecule has 0 spiro atoms. The van der Waals surface area contributed by atoms with Crippen LogP contribution < -0.4 is 5.73 Å². The number of rotatable bonds is 9. The van der Waals surface area contributed by atoms with Gasteiger partial charge in [-0.1, -0.05) is 23.7 Å². The predicted molar refractivity (Wildman–Crippen MR) is 120 cm³/mol. The van der Waals surface area contributed by atoms with Gasteiger partial charge in [-0.3, -0.25) is 9.59 Å². The van der Waals surface area contributed by atoms with E-state index in [0.717, 1.165) is 5.56 Å². The minimum Gasteiger partial charge on any atom is -0.368 e. The predicted octanol–water partition coefficient (Wildman–Crippen LogP) is 3.06. The minimum absolute atomic E-state index is 0.122. The van der Waals surface area contributed by atoms with Gasteiger partial charge in [-0.05, 0) is 54.8 Å². The molecule has 2 amide bonds. The number of amides is 2. The van der Waals surface area contributed by atoms with Crippen molar-refractivity contribution in [3.8, 4) is 0 Å². The van der Waals surface area contributed by atoms with Crippen LogP contribution in [0.1, 0.15) is 34.8 Å². The van der Waals surface area contributed by atoms with E-state index in [9.17, 15) is 26.8 Å². The van der Waals surface area contributed by atoms with Crippen molar-refractivity contribution in [3.63, 3.8) is 0 Å². The summed E-state index contributed by atoms with van der Waals surface area (Å²) in [7, 11) is -4.39. The van der Waals surface area contributed by atoms with Crippen molar-refractivity contribution < 1.29 is 26.8 Å². The third kappa shape index (κ3) is 5.51. The van der Waals surface area contributed by atoms with Crippen LogP contribution in [-0.4, -0.2) is 55.0 Å². The number of hydrogen-bond acceptors (Lipinski definition) is 4. The molecule has 2 aromatic carbocycles. The van der Waals surface area contributed by atoms with Crippen LogP contribution in [0.15, 0.2) is 47.4 Å². The quantitative estimate of drug-likeness (QED) is 0.573. The van der Waals surface area contributed by atoms with E-state index in [1.807, 2.05) is 6.92 Å². The average Bonchev–Trinajstić information content (AvgIpc) is 2.76. The van der Waals surface area contributed by atoms with Crippen molar-refractivity contribution in [3.05, 3.63) is 64.2 Å². The molecule has 1 aliphatic rings. The highest BCUT2D eigenvalue weighted by molar-refractivity contribution is 7.89. The van der Waals surface area contributed by atoms with Crippen LogP contribution >= 0.6 is 11.6 Å². The highest BCUT2D eigenvalue weighted by Crippen LogP contribution is 2.27. The van der Waals surface area contributed by atoms with Crippen LogP contribution in [0, 0.1) is 0 Å². The number of alkyl halides is 2. The molecule has 0 radical (unpaired) electrons. The largest absolute Gasteiger partial charge is 0.368 e. The molecule has 33 heavy (non-hydrogen) atoms. The Hall–Kier alpha value is -2.56. The number of primary amides is 1. The Bertz CT molecular complexity index is 1140. The fourth-order valence-electron chi connectivity index (χ4n) is 3.82. The van der Waals surface area contributed by atoms with Gasteiger partial charge in [0.15, 0.2) is 0 Å². The number of nitrogens with two attached hydrogens (primary N) is 1. The Balaban J connectivity index is 2.02. The van der Waals surface area contributed by atoms with Gasteiger partial charge in [0.2, 0.25) is 22.4 Å². The van der Waals surface area contributed by atoms with E-state index in [0.29, 0.717) is 40.0 Å². The van der Waals surface area contributed by atoms with Gasteiger partial charge in [0.05, 0.1) is 4.90 Å². The zero-order chi connectivity index (χ0) is 24.3. The molecule has 0 bridgehead atoms. The third-order valence-corrected chi connectivity index (χ3v) is 7.68. The van der Waals surface area contributed by atoms with Crippen LogP contribution in [0.5, 0.6) is 0 Å². The zero-order valence-electron chi connectivity index (χ0n) is 17.9.